The maximum atomic E-state index is 8.77. The van der Waals surface area contributed by atoms with E-state index in [0.29, 0.717) is 23.8 Å². The van der Waals surface area contributed by atoms with Crippen molar-refractivity contribution in [1.29, 1.82) is 0 Å². The van der Waals surface area contributed by atoms with Crippen molar-refractivity contribution in [2.45, 2.75) is 40.7 Å². The van der Waals surface area contributed by atoms with Gasteiger partial charge in [-0.25, -0.2) is 10.1 Å². The van der Waals surface area contributed by atoms with Crippen molar-refractivity contribution in [3.63, 3.8) is 0 Å². The molecule has 0 unspecified atom stereocenters. The van der Waals surface area contributed by atoms with Gasteiger partial charge >= 0.3 is 0 Å². The SMILES string of the molecule is C/C=C(/C(=S)NCc1ccc(ONNCCO)cc1)c1cnn(-c2ccc(C)cc2)c1/C=C(\C)CC. The summed E-state index contributed by atoms with van der Waals surface area (Å²) >= 11 is 5.81. The summed E-state index contributed by atoms with van der Waals surface area (Å²) in [5, 5.41) is 16.9. The molecule has 0 aliphatic heterocycles. The van der Waals surface area contributed by atoms with E-state index in [0.717, 1.165) is 34.5 Å². The number of nitrogens with zero attached hydrogens (tertiary/aromatic N) is 2. The van der Waals surface area contributed by atoms with Crippen LogP contribution in [0.4, 0.5) is 0 Å². The number of hydrogen-bond acceptors (Lipinski definition) is 6. The monoisotopic (exact) mass is 505 g/mol. The third kappa shape index (κ3) is 7.35. The lowest BCUT2D eigenvalue weighted by molar-refractivity contribution is 0.138. The number of rotatable bonds is 12. The van der Waals surface area contributed by atoms with Crippen LogP contribution in [-0.4, -0.2) is 33.0 Å². The van der Waals surface area contributed by atoms with Gasteiger partial charge in [-0.05, 0) is 63.1 Å². The Morgan fingerprint density at radius 3 is 2.50 bits per heavy atom. The van der Waals surface area contributed by atoms with Crippen LogP contribution in [0, 0.1) is 6.92 Å². The van der Waals surface area contributed by atoms with Crippen LogP contribution in [0.25, 0.3) is 17.3 Å². The van der Waals surface area contributed by atoms with Gasteiger partial charge in [0.15, 0.2) is 0 Å². The van der Waals surface area contributed by atoms with Crippen molar-refractivity contribution in [3.8, 4) is 11.4 Å². The van der Waals surface area contributed by atoms with E-state index in [9.17, 15) is 0 Å². The van der Waals surface area contributed by atoms with E-state index in [1.807, 2.05) is 48.1 Å². The smallest absolute Gasteiger partial charge is 0.149 e. The number of aliphatic hydroxyl groups is 1. The molecule has 3 rings (SSSR count). The van der Waals surface area contributed by atoms with Gasteiger partial charge in [0.1, 0.15) is 10.7 Å². The Hall–Kier alpha value is -3.30. The van der Waals surface area contributed by atoms with Gasteiger partial charge in [-0.1, -0.05) is 66.2 Å². The van der Waals surface area contributed by atoms with Crippen molar-refractivity contribution in [1.82, 2.24) is 26.1 Å². The topological polar surface area (TPSA) is 83.4 Å². The van der Waals surface area contributed by atoms with Crippen molar-refractivity contribution < 1.29 is 9.94 Å². The second kappa shape index (κ2) is 13.7. The molecule has 3 aromatic rings. The van der Waals surface area contributed by atoms with Crippen molar-refractivity contribution in [2.24, 2.45) is 0 Å². The first-order chi connectivity index (χ1) is 17.5. The number of thiocarbonyl (C=S) groups is 1. The first-order valence-electron chi connectivity index (χ1n) is 12.1. The highest BCUT2D eigenvalue weighted by Gasteiger charge is 2.17. The molecule has 1 heterocycles. The highest BCUT2D eigenvalue weighted by atomic mass is 32.1. The number of allylic oxidation sites excluding steroid dienone is 2. The molecule has 0 atom stereocenters. The van der Waals surface area contributed by atoms with Gasteiger partial charge in [0.25, 0.3) is 0 Å². The van der Waals surface area contributed by atoms with E-state index in [4.69, 9.17) is 27.3 Å². The van der Waals surface area contributed by atoms with Crippen LogP contribution >= 0.6 is 12.2 Å². The lowest BCUT2D eigenvalue weighted by Gasteiger charge is -2.14. The second-order valence-corrected chi connectivity index (χ2v) is 8.83. The fourth-order valence-electron chi connectivity index (χ4n) is 3.50. The molecule has 0 bridgehead atoms. The maximum absolute atomic E-state index is 8.77. The molecule has 0 radical (unpaired) electrons. The molecule has 0 aliphatic carbocycles. The number of nitrogens with one attached hydrogen (secondary N) is 3. The summed E-state index contributed by atoms with van der Waals surface area (Å²) in [5.74, 6) is 0.659. The molecule has 190 valence electrons. The fraction of sp³-hybridized carbons (Fsp3) is 0.286. The predicted molar refractivity (Wildman–Crippen MR) is 151 cm³/mol. The molecular weight excluding hydrogens is 470 g/mol. The summed E-state index contributed by atoms with van der Waals surface area (Å²) in [6.45, 7) is 9.36. The molecule has 36 heavy (non-hydrogen) atoms. The van der Waals surface area contributed by atoms with Gasteiger partial charge < -0.3 is 15.3 Å². The summed E-state index contributed by atoms with van der Waals surface area (Å²) < 4.78 is 1.97. The van der Waals surface area contributed by atoms with Gasteiger partial charge in [-0.2, -0.15) is 5.10 Å². The first kappa shape index (κ1) is 27.3. The third-order valence-electron chi connectivity index (χ3n) is 5.70. The zero-order valence-electron chi connectivity index (χ0n) is 21.3. The number of aryl methyl sites for hydroxylation is 1. The molecule has 7 nitrogen and oxygen atoms in total. The van der Waals surface area contributed by atoms with Gasteiger partial charge in [0.05, 0.1) is 24.2 Å². The van der Waals surface area contributed by atoms with Crippen LogP contribution in [-0.2, 0) is 6.54 Å². The Morgan fingerprint density at radius 1 is 1.14 bits per heavy atom. The van der Waals surface area contributed by atoms with E-state index >= 15 is 0 Å². The molecule has 8 heteroatoms. The highest BCUT2D eigenvalue weighted by Crippen LogP contribution is 2.26. The minimum Gasteiger partial charge on any atom is -0.395 e. The Kier molecular flexibility index (Phi) is 10.4. The number of hydrogen-bond donors (Lipinski definition) is 4. The van der Waals surface area contributed by atoms with Crippen molar-refractivity contribution in [2.75, 3.05) is 13.2 Å². The molecule has 0 aliphatic rings. The molecule has 0 fully saturated rings. The number of hydrazine groups is 1. The van der Waals surface area contributed by atoms with E-state index < -0.39 is 0 Å². The van der Waals surface area contributed by atoms with Gasteiger partial charge in [0.2, 0.25) is 0 Å². The minimum atomic E-state index is 0.0256. The zero-order chi connectivity index (χ0) is 25.9. The average molecular weight is 506 g/mol. The Bertz CT molecular complexity index is 1200. The molecular formula is C28H35N5O2S. The van der Waals surface area contributed by atoms with Gasteiger partial charge in [0, 0.05) is 24.2 Å². The summed E-state index contributed by atoms with van der Waals surface area (Å²) in [4.78, 5) is 6.03. The number of benzene rings is 2. The van der Waals surface area contributed by atoms with Crippen LogP contribution in [0.3, 0.4) is 0 Å². The largest absolute Gasteiger partial charge is 0.395 e. The highest BCUT2D eigenvalue weighted by molar-refractivity contribution is 7.81. The molecule has 4 N–H and O–H groups in total. The molecule has 0 spiro atoms. The Balaban J connectivity index is 1.76. The average Bonchev–Trinajstić information content (AvgIpc) is 3.29. The fourth-order valence-corrected chi connectivity index (χ4v) is 3.80. The summed E-state index contributed by atoms with van der Waals surface area (Å²) in [6.07, 6.45) is 7.07. The normalized spacial score (nSPS) is 12.0. The second-order valence-electron chi connectivity index (χ2n) is 8.42. The van der Waals surface area contributed by atoms with E-state index in [1.165, 1.54) is 11.1 Å². The predicted octanol–water partition coefficient (Wildman–Crippen LogP) is 4.89. The van der Waals surface area contributed by atoms with Gasteiger partial charge in [-0.15, -0.1) is 0 Å². The third-order valence-corrected chi connectivity index (χ3v) is 6.07. The Labute approximate surface area is 218 Å². The Morgan fingerprint density at radius 2 is 1.86 bits per heavy atom. The van der Waals surface area contributed by atoms with Crippen LogP contribution in [0.15, 0.2) is 66.4 Å². The van der Waals surface area contributed by atoms with Gasteiger partial charge in [-0.3, -0.25) is 0 Å². The molecule has 1 aromatic heterocycles. The number of aromatic nitrogens is 2. The minimum absolute atomic E-state index is 0.0256. The van der Waals surface area contributed by atoms with Crippen LogP contribution < -0.4 is 21.2 Å². The van der Waals surface area contributed by atoms with E-state index in [-0.39, 0.29) is 6.61 Å². The lowest BCUT2D eigenvalue weighted by Crippen LogP contribution is -2.36. The van der Waals surface area contributed by atoms with Crippen LogP contribution in [0.1, 0.15) is 49.6 Å². The van der Waals surface area contributed by atoms with E-state index in [2.05, 4.69) is 67.4 Å². The summed E-state index contributed by atoms with van der Waals surface area (Å²) in [5.41, 5.74) is 12.8. The van der Waals surface area contributed by atoms with Crippen molar-refractivity contribution >= 4 is 28.9 Å². The standard InChI is InChI=1S/C28H35N5O2S/c1-5-20(3)17-27-26(19-31-33(27)23-11-7-21(4)8-12-23)25(6-2)28(36)29-18-22-9-13-24(14-10-22)35-32-30-15-16-34/h6-14,17,19,30,32,34H,5,15-16,18H2,1-4H3,(H,29,36)/b20-17+,25-6+. The molecule has 0 saturated heterocycles. The zero-order valence-corrected chi connectivity index (χ0v) is 22.2. The quantitative estimate of drug-likeness (QED) is 0.121. The first-order valence-corrected chi connectivity index (χ1v) is 12.5. The molecule has 0 amide bonds. The molecule has 2 aromatic carbocycles. The van der Waals surface area contributed by atoms with Crippen molar-refractivity contribution in [3.05, 3.63) is 88.8 Å². The maximum Gasteiger partial charge on any atom is 0.149 e. The lowest BCUT2D eigenvalue weighted by atomic mass is 10.0. The van der Waals surface area contributed by atoms with Crippen LogP contribution in [0.5, 0.6) is 5.75 Å². The van der Waals surface area contributed by atoms with Crippen LogP contribution in [0.2, 0.25) is 0 Å². The number of aliphatic hydroxyl groups excluding tert-OH is 1. The summed E-state index contributed by atoms with van der Waals surface area (Å²) in [6, 6.07) is 16.0. The molecule has 0 saturated carbocycles. The van der Waals surface area contributed by atoms with E-state index in [1.54, 1.807) is 0 Å². The summed E-state index contributed by atoms with van der Waals surface area (Å²) in [7, 11) is 0.